The Morgan fingerprint density at radius 1 is 0.906 bits per heavy atom. The molecule has 0 amide bonds. The second-order valence-corrected chi connectivity index (χ2v) is 7.88. The number of benzene rings is 2. The number of carbonyl (C=O) groups is 1. The van der Waals surface area contributed by atoms with Crippen molar-refractivity contribution in [2.75, 3.05) is 0 Å². The minimum atomic E-state index is -1.02. The molecule has 2 unspecified atom stereocenters. The molecule has 9 heteroatoms. The highest BCUT2D eigenvalue weighted by Gasteiger charge is 2.48. The lowest BCUT2D eigenvalue weighted by Gasteiger charge is -2.10. The molecule has 9 nitrogen and oxygen atoms in total. The zero-order valence-corrected chi connectivity index (χ0v) is 17.1. The predicted octanol–water partition coefficient (Wildman–Crippen LogP) is 5.06. The maximum atomic E-state index is 12.3. The van der Waals surface area contributed by atoms with E-state index in [9.17, 15) is 25.0 Å². The molecule has 0 saturated heterocycles. The van der Waals surface area contributed by atoms with Crippen molar-refractivity contribution in [2.45, 2.75) is 32.1 Å². The quantitative estimate of drug-likeness (QED) is 0.204. The highest BCUT2D eigenvalue weighted by atomic mass is 16.7. The van der Waals surface area contributed by atoms with Crippen molar-refractivity contribution in [1.82, 2.24) is 0 Å². The molecule has 1 fully saturated rings. The van der Waals surface area contributed by atoms with Gasteiger partial charge in [-0.25, -0.2) is 4.79 Å². The van der Waals surface area contributed by atoms with E-state index in [-0.39, 0.29) is 22.9 Å². The molecular formula is C23H20N2O7. The van der Waals surface area contributed by atoms with Crippen LogP contribution in [0.1, 0.15) is 31.2 Å². The summed E-state index contributed by atoms with van der Waals surface area (Å²) in [5.41, 5.74) is 0.376. The summed E-state index contributed by atoms with van der Waals surface area (Å²) >= 11 is 0. The third-order valence-corrected chi connectivity index (χ3v) is 5.99. The topological polar surface area (TPSA) is 122 Å². The third-order valence-electron chi connectivity index (χ3n) is 5.99. The Morgan fingerprint density at radius 2 is 1.50 bits per heavy atom. The third kappa shape index (κ3) is 4.86. The Morgan fingerprint density at radius 3 is 2.09 bits per heavy atom. The maximum Gasteiger partial charge on any atom is 0.519 e. The van der Waals surface area contributed by atoms with E-state index in [0.717, 1.165) is 25.7 Å². The van der Waals surface area contributed by atoms with Crippen LogP contribution in [-0.2, 0) is 6.42 Å². The molecule has 2 aliphatic carbocycles. The molecule has 32 heavy (non-hydrogen) atoms. The normalized spacial score (nSPS) is 21.1. The van der Waals surface area contributed by atoms with E-state index in [4.69, 9.17) is 9.47 Å². The van der Waals surface area contributed by atoms with Gasteiger partial charge in [-0.15, -0.1) is 11.8 Å². The molecule has 2 aliphatic rings. The first-order valence-electron chi connectivity index (χ1n) is 10.3. The lowest BCUT2D eigenvalue weighted by Crippen LogP contribution is -2.15. The van der Waals surface area contributed by atoms with Crippen LogP contribution in [0.3, 0.4) is 0 Å². The van der Waals surface area contributed by atoms with Crippen LogP contribution < -0.4 is 9.47 Å². The summed E-state index contributed by atoms with van der Waals surface area (Å²) < 4.78 is 10.5. The van der Waals surface area contributed by atoms with Crippen molar-refractivity contribution in [2.24, 2.45) is 17.8 Å². The largest absolute Gasteiger partial charge is 0.519 e. The Bertz CT molecular complexity index is 1100. The summed E-state index contributed by atoms with van der Waals surface area (Å²) in [5.74, 6) is 8.05. The first-order chi connectivity index (χ1) is 15.4. The van der Waals surface area contributed by atoms with E-state index in [2.05, 4.69) is 11.8 Å². The summed E-state index contributed by atoms with van der Waals surface area (Å²) in [5, 5.41) is 22.0. The van der Waals surface area contributed by atoms with Crippen molar-refractivity contribution in [1.29, 1.82) is 0 Å². The average Bonchev–Trinajstić information content (AvgIpc) is 3.37. The Hall–Kier alpha value is -3.93. The molecule has 0 aromatic heterocycles. The smallest absolute Gasteiger partial charge is 0.395 e. The molecule has 164 valence electrons. The fourth-order valence-electron chi connectivity index (χ4n) is 4.37. The van der Waals surface area contributed by atoms with E-state index < -0.39 is 16.0 Å². The summed E-state index contributed by atoms with van der Waals surface area (Å²) in [7, 11) is 0. The van der Waals surface area contributed by atoms with Crippen LogP contribution >= 0.6 is 0 Å². The van der Waals surface area contributed by atoms with Gasteiger partial charge in [0.25, 0.3) is 11.4 Å². The lowest BCUT2D eigenvalue weighted by molar-refractivity contribution is -0.385. The molecule has 0 radical (unpaired) electrons. The minimum Gasteiger partial charge on any atom is -0.395 e. The van der Waals surface area contributed by atoms with Gasteiger partial charge in [0.05, 0.1) is 9.85 Å². The van der Waals surface area contributed by atoms with E-state index in [1.165, 1.54) is 42.5 Å². The number of nitro benzene ring substituents is 2. The van der Waals surface area contributed by atoms with Crippen molar-refractivity contribution >= 4 is 17.5 Å². The number of fused-ring (bicyclic) bond motifs is 1. The number of ether oxygens (including phenoxy) is 2. The number of carbonyl (C=O) groups excluding carboxylic acids is 1. The van der Waals surface area contributed by atoms with Gasteiger partial charge in [-0.2, -0.15) is 0 Å². The second kappa shape index (κ2) is 9.06. The zero-order chi connectivity index (χ0) is 22.7. The molecule has 0 aliphatic heterocycles. The summed E-state index contributed by atoms with van der Waals surface area (Å²) in [4.78, 5) is 33.2. The van der Waals surface area contributed by atoms with Gasteiger partial charge in [-0.1, -0.05) is 0 Å². The van der Waals surface area contributed by atoms with Crippen LogP contribution in [0.15, 0.2) is 42.5 Å². The van der Waals surface area contributed by atoms with Gasteiger partial charge in [-0.05, 0) is 55.2 Å². The predicted molar refractivity (Wildman–Crippen MR) is 113 cm³/mol. The van der Waals surface area contributed by atoms with Crippen molar-refractivity contribution < 1.29 is 24.1 Å². The van der Waals surface area contributed by atoms with Crippen molar-refractivity contribution in [3.05, 3.63) is 68.3 Å². The van der Waals surface area contributed by atoms with Crippen LogP contribution in [0, 0.1) is 49.8 Å². The summed E-state index contributed by atoms with van der Waals surface area (Å²) in [6, 6.07) is 9.13. The average molecular weight is 436 g/mol. The summed E-state index contributed by atoms with van der Waals surface area (Å²) in [6.07, 6.45) is 3.28. The van der Waals surface area contributed by atoms with Gasteiger partial charge in [0.15, 0.2) is 0 Å². The molecular weight excluding hydrogens is 416 g/mol. The maximum absolute atomic E-state index is 12.3. The number of hydrogen-bond acceptors (Lipinski definition) is 7. The monoisotopic (exact) mass is 436 g/mol. The lowest BCUT2D eigenvalue weighted by atomic mass is 10.0. The second-order valence-electron chi connectivity index (χ2n) is 7.88. The van der Waals surface area contributed by atoms with Gasteiger partial charge in [0.2, 0.25) is 0 Å². The number of hydrogen-bond donors (Lipinski definition) is 0. The van der Waals surface area contributed by atoms with E-state index in [0.29, 0.717) is 29.7 Å². The number of nitro groups is 2. The van der Waals surface area contributed by atoms with Gasteiger partial charge >= 0.3 is 6.16 Å². The Balaban J connectivity index is 1.47. The fraction of sp³-hybridized carbons (Fsp3) is 0.348. The van der Waals surface area contributed by atoms with Gasteiger partial charge in [-0.3, -0.25) is 20.2 Å². The molecule has 2 aromatic rings. The van der Waals surface area contributed by atoms with E-state index in [1.807, 2.05) is 0 Å². The van der Waals surface area contributed by atoms with Crippen molar-refractivity contribution in [3.8, 4) is 23.3 Å². The molecule has 0 heterocycles. The van der Waals surface area contributed by atoms with Gasteiger partial charge in [0.1, 0.15) is 11.5 Å². The SMILES string of the molecule is O=C(Oc1ccc([N+](=O)[O-])cc1)Oc1ccc([N+](=O)[O-])cc1CC1C2CCC#CCCC21. The number of nitrogens with zero attached hydrogens (tertiary/aromatic N) is 2. The van der Waals surface area contributed by atoms with Crippen LogP contribution in [0.5, 0.6) is 11.5 Å². The molecule has 0 N–H and O–H groups in total. The molecule has 0 bridgehead atoms. The number of rotatable bonds is 6. The van der Waals surface area contributed by atoms with E-state index in [1.54, 1.807) is 0 Å². The highest BCUT2D eigenvalue weighted by Crippen LogP contribution is 2.54. The van der Waals surface area contributed by atoms with E-state index >= 15 is 0 Å². The van der Waals surface area contributed by atoms with Crippen LogP contribution in [0.2, 0.25) is 0 Å². The minimum absolute atomic E-state index is 0.0718. The van der Waals surface area contributed by atoms with Crippen LogP contribution in [0.25, 0.3) is 0 Å². The Kier molecular flexibility index (Phi) is 6.03. The first-order valence-corrected chi connectivity index (χ1v) is 10.3. The molecule has 0 spiro atoms. The standard InChI is InChI=1S/C23H20N2O7/c26-23(31-18-10-7-16(8-11-18)24(27)28)32-22-12-9-17(25(29)30)13-15(22)14-21-19-5-3-1-2-4-6-20(19)21/h7-13,19-21H,3-6,14H2. The van der Waals surface area contributed by atoms with Crippen molar-refractivity contribution in [3.63, 3.8) is 0 Å². The molecule has 1 saturated carbocycles. The zero-order valence-electron chi connectivity index (χ0n) is 17.1. The highest BCUT2D eigenvalue weighted by molar-refractivity contribution is 5.68. The van der Waals surface area contributed by atoms with Crippen LogP contribution in [-0.4, -0.2) is 16.0 Å². The first kappa shape index (κ1) is 21.3. The Labute approximate surface area is 183 Å². The molecule has 2 atom stereocenters. The fourth-order valence-corrected chi connectivity index (χ4v) is 4.37. The van der Waals surface area contributed by atoms with Crippen LogP contribution in [0.4, 0.5) is 16.2 Å². The summed E-state index contributed by atoms with van der Waals surface area (Å²) in [6.45, 7) is 0. The van der Waals surface area contributed by atoms with Gasteiger partial charge < -0.3 is 9.47 Å². The van der Waals surface area contributed by atoms with Gasteiger partial charge in [0, 0.05) is 42.7 Å². The molecule has 2 aromatic carbocycles. The molecule has 4 rings (SSSR count). The number of non-ortho nitro benzene ring substituents is 2.